The number of benzene rings is 1. The molecule has 1 aromatic heterocycles. The van der Waals surface area contributed by atoms with Crippen molar-refractivity contribution in [2.24, 2.45) is 0 Å². The van der Waals surface area contributed by atoms with E-state index in [1.54, 1.807) is 0 Å². The third-order valence-electron chi connectivity index (χ3n) is 2.38. The largest absolute Gasteiger partial charge is 0.506 e. The van der Waals surface area contributed by atoms with Gasteiger partial charge in [0.1, 0.15) is 11.6 Å². The Labute approximate surface area is 122 Å². The van der Waals surface area contributed by atoms with Gasteiger partial charge in [-0.3, -0.25) is 0 Å². The number of aromatic hydroxyl groups is 1. The number of hydrogen-bond acceptors (Lipinski definition) is 3. The molecule has 8 heteroatoms. The number of nitrogens with one attached hydrogen (secondary N) is 1. The SMILES string of the molecule is Oc1ccc(Nc2ncc(C(F)(F)F)cc2Cl)cc1Cl. The number of phenolic OH excluding ortho intramolecular Hbond substituents is 1. The maximum absolute atomic E-state index is 12.5. The lowest BCUT2D eigenvalue weighted by Crippen LogP contribution is -2.06. The van der Waals surface area contributed by atoms with Crippen LogP contribution < -0.4 is 5.32 Å². The van der Waals surface area contributed by atoms with Crippen LogP contribution in [-0.4, -0.2) is 10.1 Å². The Balaban J connectivity index is 2.28. The highest BCUT2D eigenvalue weighted by Gasteiger charge is 2.31. The Morgan fingerprint density at radius 3 is 2.35 bits per heavy atom. The molecule has 0 amide bonds. The summed E-state index contributed by atoms with van der Waals surface area (Å²) in [6, 6.07) is 4.99. The van der Waals surface area contributed by atoms with Crippen molar-refractivity contribution < 1.29 is 18.3 Å². The molecule has 0 bridgehead atoms. The first kappa shape index (κ1) is 14.7. The summed E-state index contributed by atoms with van der Waals surface area (Å²) in [5.74, 6) is -0.0508. The summed E-state index contributed by atoms with van der Waals surface area (Å²) in [4.78, 5) is 3.62. The Hall–Kier alpha value is -1.66. The number of alkyl halides is 3. The fourth-order valence-corrected chi connectivity index (χ4v) is 1.80. The lowest BCUT2D eigenvalue weighted by atomic mass is 10.2. The second kappa shape index (κ2) is 5.38. The molecule has 0 atom stereocenters. The molecule has 2 N–H and O–H groups in total. The number of anilines is 2. The molecule has 0 saturated carbocycles. The second-order valence-electron chi connectivity index (χ2n) is 3.84. The van der Waals surface area contributed by atoms with Crippen molar-refractivity contribution >= 4 is 34.7 Å². The summed E-state index contributed by atoms with van der Waals surface area (Å²) in [5, 5.41) is 11.9. The Morgan fingerprint density at radius 2 is 1.80 bits per heavy atom. The molecule has 0 aliphatic carbocycles. The predicted octanol–water partition coefficient (Wildman–Crippen LogP) is 4.86. The van der Waals surface area contributed by atoms with Crippen molar-refractivity contribution in [2.75, 3.05) is 5.32 Å². The zero-order valence-corrected chi connectivity index (χ0v) is 11.2. The van der Waals surface area contributed by atoms with Gasteiger partial charge in [0, 0.05) is 11.9 Å². The van der Waals surface area contributed by atoms with E-state index >= 15 is 0 Å². The van der Waals surface area contributed by atoms with Crippen molar-refractivity contribution in [3.63, 3.8) is 0 Å². The topological polar surface area (TPSA) is 45.1 Å². The average Bonchev–Trinajstić information content (AvgIpc) is 2.35. The van der Waals surface area contributed by atoms with E-state index in [2.05, 4.69) is 10.3 Å². The number of phenols is 1. The van der Waals surface area contributed by atoms with Gasteiger partial charge in [-0.15, -0.1) is 0 Å². The van der Waals surface area contributed by atoms with Gasteiger partial charge >= 0.3 is 6.18 Å². The van der Waals surface area contributed by atoms with E-state index in [1.165, 1.54) is 18.2 Å². The quantitative estimate of drug-likeness (QED) is 0.776. The maximum Gasteiger partial charge on any atom is 0.417 e. The van der Waals surface area contributed by atoms with Gasteiger partial charge in [0.25, 0.3) is 0 Å². The molecule has 1 heterocycles. The van der Waals surface area contributed by atoms with Crippen molar-refractivity contribution in [3.05, 3.63) is 46.1 Å². The number of hydrogen-bond donors (Lipinski definition) is 2. The van der Waals surface area contributed by atoms with Crippen molar-refractivity contribution in [1.29, 1.82) is 0 Å². The lowest BCUT2D eigenvalue weighted by molar-refractivity contribution is -0.137. The molecule has 2 rings (SSSR count). The van der Waals surface area contributed by atoms with Gasteiger partial charge in [-0.2, -0.15) is 13.2 Å². The zero-order chi connectivity index (χ0) is 14.9. The van der Waals surface area contributed by atoms with Gasteiger partial charge in [-0.25, -0.2) is 4.98 Å². The third kappa shape index (κ3) is 3.26. The molecule has 2 aromatic rings. The van der Waals surface area contributed by atoms with E-state index in [0.717, 1.165) is 6.07 Å². The molecule has 1 aromatic carbocycles. The highest BCUT2D eigenvalue weighted by atomic mass is 35.5. The number of aromatic nitrogens is 1. The second-order valence-corrected chi connectivity index (χ2v) is 4.66. The number of rotatable bonds is 2. The number of halogens is 5. The molecule has 3 nitrogen and oxygen atoms in total. The minimum atomic E-state index is -4.50. The van der Waals surface area contributed by atoms with Gasteiger partial charge in [0.15, 0.2) is 0 Å². The van der Waals surface area contributed by atoms with Gasteiger partial charge in [-0.1, -0.05) is 23.2 Å². The van der Waals surface area contributed by atoms with Gasteiger partial charge < -0.3 is 10.4 Å². The van der Waals surface area contributed by atoms with Crippen LogP contribution in [0, 0.1) is 0 Å². The monoisotopic (exact) mass is 322 g/mol. The van der Waals surface area contributed by atoms with Crippen LogP contribution in [-0.2, 0) is 6.18 Å². The van der Waals surface area contributed by atoms with Gasteiger partial charge in [-0.05, 0) is 24.3 Å². The number of nitrogens with zero attached hydrogens (tertiary/aromatic N) is 1. The highest BCUT2D eigenvalue weighted by molar-refractivity contribution is 6.33. The molecule has 0 radical (unpaired) electrons. The molecule has 106 valence electrons. The van der Waals surface area contributed by atoms with Crippen molar-refractivity contribution in [1.82, 2.24) is 4.98 Å². The number of pyridine rings is 1. The normalized spacial score (nSPS) is 11.4. The van der Waals surface area contributed by atoms with Crippen LogP contribution in [0.1, 0.15) is 5.56 Å². The minimum absolute atomic E-state index is 0.0569. The molecule has 0 saturated heterocycles. The summed E-state index contributed by atoms with van der Waals surface area (Å²) in [5.41, 5.74) is -0.501. The third-order valence-corrected chi connectivity index (χ3v) is 2.97. The van der Waals surface area contributed by atoms with E-state index in [-0.39, 0.29) is 21.6 Å². The molecule has 20 heavy (non-hydrogen) atoms. The Bertz CT molecular complexity index is 647. The first-order valence-corrected chi connectivity index (χ1v) is 6.01. The smallest absolute Gasteiger partial charge is 0.417 e. The molecule has 0 spiro atoms. The van der Waals surface area contributed by atoms with E-state index in [0.29, 0.717) is 11.9 Å². The summed E-state index contributed by atoms with van der Waals surface area (Å²) < 4.78 is 37.4. The van der Waals surface area contributed by atoms with Crippen LogP contribution in [0.3, 0.4) is 0 Å². The van der Waals surface area contributed by atoms with E-state index in [4.69, 9.17) is 23.2 Å². The summed E-state index contributed by atoms with van der Waals surface area (Å²) in [6.07, 6.45) is -3.83. The van der Waals surface area contributed by atoms with Gasteiger partial charge in [0.2, 0.25) is 0 Å². The molecule has 0 aliphatic heterocycles. The van der Waals surface area contributed by atoms with Crippen LogP contribution in [0.5, 0.6) is 5.75 Å². The van der Waals surface area contributed by atoms with Crippen LogP contribution in [0.2, 0.25) is 10.0 Å². The van der Waals surface area contributed by atoms with E-state index in [9.17, 15) is 18.3 Å². The molecular formula is C12H7Cl2F3N2O. The summed E-state index contributed by atoms with van der Waals surface area (Å²) >= 11 is 11.5. The fraction of sp³-hybridized carbons (Fsp3) is 0.0833. The Morgan fingerprint density at radius 1 is 1.10 bits per heavy atom. The van der Waals surface area contributed by atoms with Crippen LogP contribution >= 0.6 is 23.2 Å². The first-order valence-electron chi connectivity index (χ1n) is 5.25. The standard InChI is InChI=1S/C12H7Cl2F3N2O/c13-8-4-7(1-2-10(8)20)19-11-9(14)3-6(5-18-11)12(15,16)17/h1-5,20H,(H,18,19). The van der Waals surface area contributed by atoms with Crippen LogP contribution in [0.15, 0.2) is 30.5 Å². The van der Waals surface area contributed by atoms with Gasteiger partial charge in [0.05, 0.1) is 15.6 Å². The minimum Gasteiger partial charge on any atom is -0.506 e. The molecule has 0 aliphatic rings. The highest BCUT2D eigenvalue weighted by Crippen LogP contribution is 2.34. The summed E-state index contributed by atoms with van der Waals surface area (Å²) in [7, 11) is 0. The Kier molecular flexibility index (Phi) is 3.96. The zero-order valence-electron chi connectivity index (χ0n) is 9.67. The molecule has 0 unspecified atom stereocenters. The fourth-order valence-electron chi connectivity index (χ4n) is 1.41. The average molecular weight is 323 g/mol. The molecule has 0 fully saturated rings. The van der Waals surface area contributed by atoms with E-state index < -0.39 is 11.7 Å². The summed E-state index contributed by atoms with van der Waals surface area (Å²) in [6.45, 7) is 0. The maximum atomic E-state index is 12.5. The van der Waals surface area contributed by atoms with Crippen molar-refractivity contribution in [3.8, 4) is 5.75 Å². The van der Waals surface area contributed by atoms with E-state index in [1.807, 2.05) is 0 Å². The predicted molar refractivity (Wildman–Crippen MR) is 70.6 cm³/mol. The molecular weight excluding hydrogens is 316 g/mol. The van der Waals surface area contributed by atoms with Crippen LogP contribution in [0.25, 0.3) is 0 Å². The van der Waals surface area contributed by atoms with Crippen molar-refractivity contribution in [2.45, 2.75) is 6.18 Å². The lowest BCUT2D eigenvalue weighted by Gasteiger charge is -2.11. The van der Waals surface area contributed by atoms with Crippen LogP contribution in [0.4, 0.5) is 24.7 Å². The first-order chi connectivity index (χ1) is 9.27.